The van der Waals surface area contributed by atoms with E-state index in [9.17, 15) is 10.1 Å². The van der Waals surface area contributed by atoms with Gasteiger partial charge in [-0.1, -0.05) is 92.8 Å². The minimum atomic E-state index is -2.00. The molecule has 0 heterocycles. The largest absolute Gasteiger partial charge is 0.283 e. The lowest BCUT2D eigenvalue weighted by atomic mass is 9.57. The minimum Gasteiger partial charge on any atom is -0.258 e. The van der Waals surface area contributed by atoms with Crippen LogP contribution in [-0.4, -0.2) is 33.1 Å². The number of nitro groups is 1. The van der Waals surface area contributed by atoms with Crippen molar-refractivity contribution in [2.24, 2.45) is 11.8 Å². The van der Waals surface area contributed by atoms with Gasteiger partial charge in [-0.15, -0.1) is 46.4 Å². The second kappa shape index (κ2) is 7.71. The number of halogens is 13. The molecule has 1 aromatic rings. The van der Waals surface area contributed by atoms with E-state index in [4.69, 9.17) is 139 Å². The second-order valence-electron chi connectivity index (χ2n) is 9.45. The Morgan fingerprint density at radius 2 is 1.00 bits per heavy atom. The van der Waals surface area contributed by atoms with Crippen LogP contribution in [0.5, 0.6) is 0 Å². The average molecular weight is 798 g/mol. The fraction of sp³-hybridized carbons (Fsp3) is 0.500. The summed E-state index contributed by atoms with van der Waals surface area (Å²) >= 11 is 86.5. The highest BCUT2D eigenvalue weighted by atomic mass is 79.9. The van der Waals surface area contributed by atoms with Gasteiger partial charge in [-0.3, -0.25) is 10.1 Å². The van der Waals surface area contributed by atoms with Gasteiger partial charge in [0.25, 0.3) is 5.69 Å². The van der Waals surface area contributed by atoms with Crippen LogP contribution in [0, 0.1) is 22.0 Å². The molecule has 5 aliphatic carbocycles. The van der Waals surface area contributed by atoms with Crippen LogP contribution in [-0.2, 0) is 0 Å². The van der Waals surface area contributed by atoms with Crippen molar-refractivity contribution in [3.8, 4) is 0 Å². The molecule has 194 valence electrons. The Labute approximate surface area is 272 Å². The molecule has 16 heteroatoms. The third-order valence-corrected chi connectivity index (χ3v) is 17.6. The Hall–Kier alpha value is 2.06. The van der Waals surface area contributed by atoms with Crippen LogP contribution in [0.2, 0.25) is 0 Å². The first-order valence-corrected chi connectivity index (χ1v) is 15.3. The Balaban J connectivity index is 1.80. The zero-order valence-corrected chi connectivity index (χ0v) is 27.3. The molecule has 5 aliphatic rings. The number of rotatable bonds is 1. The number of allylic oxidation sites excluding steroid dienone is 4. The third kappa shape index (κ3) is 2.47. The topological polar surface area (TPSA) is 43.1 Å². The highest BCUT2D eigenvalue weighted by Crippen LogP contribution is 2.88. The first-order chi connectivity index (χ1) is 16.3. The van der Waals surface area contributed by atoms with Crippen molar-refractivity contribution in [1.82, 2.24) is 0 Å². The summed E-state index contributed by atoms with van der Waals surface area (Å²) < 4.78 is -3.81. The van der Waals surface area contributed by atoms with E-state index in [1.165, 1.54) is 12.1 Å². The Kier molecular flexibility index (Phi) is 6.04. The van der Waals surface area contributed by atoms with Gasteiger partial charge in [-0.25, -0.2) is 0 Å². The maximum atomic E-state index is 11.9. The highest BCUT2D eigenvalue weighted by Gasteiger charge is 2.91. The Morgan fingerprint density at radius 3 is 1.36 bits per heavy atom. The molecule has 2 saturated carbocycles. The molecule has 1 aromatic carbocycles. The first-order valence-electron chi connectivity index (χ1n) is 9.93. The van der Waals surface area contributed by atoms with Crippen LogP contribution in [0.25, 0.3) is 0 Å². The van der Waals surface area contributed by atoms with Gasteiger partial charge in [-0.05, 0) is 33.1 Å². The van der Waals surface area contributed by atoms with Crippen molar-refractivity contribution >= 4 is 161 Å². The molecule has 0 aliphatic heterocycles. The normalized spacial score (nSPS) is 46.8. The molecule has 2 fully saturated rings. The molecule has 4 bridgehead atoms. The lowest BCUT2D eigenvalue weighted by Crippen LogP contribution is -2.53. The molecule has 3 nitrogen and oxygen atoms in total. The number of nitrogens with zero attached hydrogens (tertiary/aromatic N) is 1. The van der Waals surface area contributed by atoms with Gasteiger partial charge in [0.1, 0.15) is 19.5 Å². The van der Waals surface area contributed by atoms with Gasteiger partial charge in [0.15, 0.2) is 8.67 Å². The Morgan fingerprint density at radius 1 is 0.667 bits per heavy atom. The molecule has 0 saturated heterocycles. The van der Waals surface area contributed by atoms with Gasteiger partial charge in [0, 0.05) is 29.7 Å². The number of fused-ring (bicyclic) bond motifs is 14. The van der Waals surface area contributed by atoms with Gasteiger partial charge in [-0.2, -0.15) is 0 Å². The maximum absolute atomic E-state index is 11.9. The summed E-state index contributed by atoms with van der Waals surface area (Å²) in [5.41, 5.74) is 0.578. The fourth-order valence-electron chi connectivity index (χ4n) is 7.05. The van der Waals surface area contributed by atoms with E-state index in [1.54, 1.807) is 0 Å². The number of benzene rings is 1. The van der Waals surface area contributed by atoms with E-state index in [1.807, 2.05) is 0 Å². The monoisotopic (exact) mass is 791 g/mol. The number of hydrogen-bond acceptors (Lipinski definition) is 2. The van der Waals surface area contributed by atoms with Gasteiger partial charge >= 0.3 is 0 Å². The summed E-state index contributed by atoms with van der Waals surface area (Å²) in [4.78, 5) is 4.15. The standard InChI is InChI=1S/C20H6BrCl12NO2/c21-5-1-3-4(2-6(5)34(35)36)8-10(18(29)14(25)12(23)16(8,27)20(18,32)33)9-7(3)15(26)11(22)13(24)17(9,28)19(15,30)31/h1-2,7-10H/t7-,8+,9+,10-,15-,16-,17-,18-/m0/s1. The average Bonchev–Trinajstić information content (AvgIpc) is 3.12. The van der Waals surface area contributed by atoms with Gasteiger partial charge in [0.05, 0.1) is 29.5 Å². The van der Waals surface area contributed by atoms with Crippen LogP contribution in [0.15, 0.2) is 36.7 Å². The summed E-state index contributed by atoms with van der Waals surface area (Å²) in [5, 5.41) is 11.6. The highest BCUT2D eigenvalue weighted by molar-refractivity contribution is 9.10. The first kappa shape index (κ1) is 28.2. The van der Waals surface area contributed by atoms with Crippen molar-refractivity contribution in [2.75, 3.05) is 0 Å². The molecule has 0 aromatic heterocycles. The molecule has 36 heavy (non-hydrogen) atoms. The van der Waals surface area contributed by atoms with Crippen molar-refractivity contribution in [3.63, 3.8) is 0 Å². The van der Waals surface area contributed by atoms with E-state index in [2.05, 4.69) is 15.9 Å². The van der Waals surface area contributed by atoms with Crippen LogP contribution >= 0.6 is 155 Å². The SMILES string of the molecule is O=[N+]([O-])c1cc2c(cc1Br)[C@H]1[C@H]([C@@H]3[C@@H]2[C@]2(Cl)C(Cl)=C(Cl)[C@]3(Cl)C2(Cl)Cl)[C@]2(Cl)C(Cl)=C(Cl)[C@]1(Cl)C2(Cl)Cl. The molecule has 8 atom stereocenters. The van der Waals surface area contributed by atoms with Crippen LogP contribution in [0.3, 0.4) is 0 Å². The van der Waals surface area contributed by atoms with E-state index < -0.39 is 56.8 Å². The number of nitro benzene ring substituents is 1. The van der Waals surface area contributed by atoms with Crippen molar-refractivity contribution < 1.29 is 4.92 Å². The molecular weight excluding hydrogens is 792 g/mol. The van der Waals surface area contributed by atoms with E-state index in [-0.39, 0.29) is 30.3 Å². The predicted octanol–water partition coefficient (Wildman–Crippen LogP) is 10.5. The molecular formula is C20H6BrCl12NO2. The molecule has 0 amide bonds. The fourth-order valence-corrected chi connectivity index (χ4v) is 13.6. The van der Waals surface area contributed by atoms with Crippen molar-refractivity contribution in [3.05, 3.63) is 58.0 Å². The zero-order chi connectivity index (χ0) is 26.9. The van der Waals surface area contributed by atoms with Gasteiger partial charge in [0.2, 0.25) is 0 Å². The van der Waals surface area contributed by atoms with Crippen LogP contribution in [0.4, 0.5) is 5.69 Å². The number of hydrogen-bond donors (Lipinski definition) is 0. The molecule has 0 unspecified atom stereocenters. The Bertz CT molecular complexity index is 1400. The quantitative estimate of drug-likeness (QED) is 0.161. The number of alkyl halides is 8. The lowest BCUT2D eigenvalue weighted by molar-refractivity contribution is -0.385. The zero-order valence-electron chi connectivity index (χ0n) is 16.6. The molecule has 0 radical (unpaired) electrons. The van der Waals surface area contributed by atoms with E-state index in [0.717, 1.165) is 0 Å². The van der Waals surface area contributed by atoms with Crippen molar-refractivity contribution in [2.45, 2.75) is 40.0 Å². The van der Waals surface area contributed by atoms with E-state index in [0.29, 0.717) is 11.1 Å². The van der Waals surface area contributed by atoms with Gasteiger partial charge < -0.3 is 0 Å². The smallest absolute Gasteiger partial charge is 0.258 e. The second-order valence-corrected chi connectivity index (χ2v) is 16.9. The summed E-state index contributed by atoms with van der Waals surface area (Å²) in [5.74, 6) is -3.63. The maximum Gasteiger partial charge on any atom is 0.283 e. The van der Waals surface area contributed by atoms with Crippen LogP contribution in [0.1, 0.15) is 23.0 Å². The summed E-state index contributed by atoms with van der Waals surface area (Å²) in [6, 6.07) is 2.88. The molecule has 0 spiro atoms. The molecule has 6 rings (SSSR count). The minimum absolute atomic E-state index is 0.0546. The summed E-state index contributed by atoms with van der Waals surface area (Å²) in [6.07, 6.45) is 0. The van der Waals surface area contributed by atoms with E-state index >= 15 is 0 Å². The van der Waals surface area contributed by atoms with Crippen molar-refractivity contribution in [1.29, 1.82) is 0 Å². The predicted molar refractivity (Wildman–Crippen MR) is 154 cm³/mol. The third-order valence-electron chi connectivity index (χ3n) is 8.39. The summed E-state index contributed by atoms with van der Waals surface area (Å²) in [6.45, 7) is 0. The molecule has 0 N–H and O–H groups in total. The summed E-state index contributed by atoms with van der Waals surface area (Å²) in [7, 11) is 0. The lowest BCUT2D eigenvalue weighted by Gasteiger charge is -2.52. The van der Waals surface area contributed by atoms with Crippen LogP contribution < -0.4 is 0 Å².